The predicted molar refractivity (Wildman–Crippen MR) is 68.6 cm³/mol. The summed E-state index contributed by atoms with van der Waals surface area (Å²) in [5.41, 5.74) is 0. The molecule has 2 fully saturated rings. The van der Waals surface area contributed by atoms with Crippen molar-refractivity contribution in [2.75, 3.05) is 38.5 Å². The van der Waals surface area contributed by atoms with Crippen LogP contribution in [-0.2, 0) is 0 Å². The Labute approximate surface area is 98.2 Å². The lowest BCUT2D eigenvalue weighted by Gasteiger charge is -2.19. The van der Waals surface area contributed by atoms with Crippen LogP contribution in [0.1, 0.15) is 26.2 Å². The van der Waals surface area contributed by atoms with E-state index >= 15 is 0 Å². The van der Waals surface area contributed by atoms with Gasteiger partial charge < -0.3 is 10.2 Å². The Morgan fingerprint density at radius 1 is 1.40 bits per heavy atom. The molecule has 2 aliphatic heterocycles. The molecule has 0 spiro atoms. The van der Waals surface area contributed by atoms with Crippen LogP contribution in [0.5, 0.6) is 0 Å². The van der Waals surface area contributed by atoms with Crippen molar-refractivity contribution in [1.82, 2.24) is 10.2 Å². The Bertz CT molecular complexity index is 180. The van der Waals surface area contributed by atoms with Crippen molar-refractivity contribution in [2.24, 2.45) is 5.92 Å². The first-order valence-electron chi connectivity index (χ1n) is 6.43. The number of nitrogens with zero attached hydrogens (tertiary/aromatic N) is 1. The van der Waals surface area contributed by atoms with E-state index in [1.807, 2.05) is 0 Å². The van der Waals surface area contributed by atoms with Gasteiger partial charge in [-0.1, -0.05) is 6.92 Å². The Hall–Kier alpha value is 0.270. The van der Waals surface area contributed by atoms with E-state index in [2.05, 4.69) is 28.9 Å². The SMILES string of the molecule is CCNCC1CCN(CC2CCCS2)C1. The molecule has 0 saturated carbocycles. The van der Waals surface area contributed by atoms with Gasteiger partial charge in [0.15, 0.2) is 0 Å². The van der Waals surface area contributed by atoms with Crippen molar-refractivity contribution in [3.05, 3.63) is 0 Å². The Morgan fingerprint density at radius 3 is 3.07 bits per heavy atom. The highest BCUT2D eigenvalue weighted by Gasteiger charge is 2.25. The standard InChI is InChI=1S/C12H24N2S/c1-2-13-8-11-5-6-14(9-11)10-12-4-3-7-15-12/h11-13H,2-10H2,1H3. The van der Waals surface area contributed by atoms with Crippen LogP contribution in [0, 0.1) is 5.92 Å². The summed E-state index contributed by atoms with van der Waals surface area (Å²) < 4.78 is 0. The fourth-order valence-corrected chi connectivity index (χ4v) is 3.99. The number of hydrogen-bond donors (Lipinski definition) is 1. The van der Waals surface area contributed by atoms with Crippen LogP contribution in [0.3, 0.4) is 0 Å². The van der Waals surface area contributed by atoms with Crippen molar-refractivity contribution < 1.29 is 0 Å². The summed E-state index contributed by atoms with van der Waals surface area (Å²) in [6.45, 7) is 8.58. The summed E-state index contributed by atoms with van der Waals surface area (Å²) in [6, 6.07) is 0. The molecule has 2 heterocycles. The van der Waals surface area contributed by atoms with Gasteiger partial charge in [0.05, 0.1) is 0 Å². The smallest absolute Gasteiger partial charge is 0.0175 e. The van der Waals surface area contributed by atoms with Gasteiger partial charge in [0.25, 0.3) is 0 Å². The van der Waals surface area contributed by atoms with E-state index in [0.29, 0.717) is 0 Å². The zero-order chi connectivity index (χ0) is 10.5. The lowest BCUT2D eigenvalue weighted by molar-refractivity contribution is 0.321. The van der Waals surface area contributed by atoms with Crippen molar-refractivity contribution in [2.45, 2.75) is 31.4 Å². The summed E-state index contributed by atoms with van der Waals surface area (Å²) in [6.07, 6.45) is 4.31. The van der Waals surface area contributed by atoms with Crippen LogP contribution in [0.15, 0.2) is 0 Å². The van der Waals surface area contributed by atoms with Gasteiger partial charge >= 0.3 is 0 Å². The molecule has 15 heavy (non-hydrogen) atoms. The maximum atomic E-state index is 3.47. The Morgan fingerprint density at radius 2 is 2.33 bits per heavy atom. The number of thioether (sulfide) groups is 1. The molecule has 2 unspecified atom stereocenters. The fraction of sp³-hybridized carbons (Fsp3) is 1.00. The van der Waals surface area contributed by atoms with Crippen LogP contribution >= 0.6 is 11.8 Å². The molecular weight excluding hydrogens is 204 g/mol. The van der Waals surface area contributed by atoms with Crippen molar-refractivity contribution in [3.63, 3.8) is 0 Å². The average molecular weight is 228 g/mol. The van der Waals surface area contributed by atoms with Gasteiger partial charge in [-0.05, 0) is 50.6 Å². The van der Waals surface area contributed by atoms with Crippen LogP contribution < -0.4 is 5.32 Å². The van der Waals surface area contributed by atoms with Gasteiger partial charge in [0, 0.05) is 18.3 Å². The van der Waals surface area contributed by atoms with Gasteiger partial charge in [-0.15, -0.1) is 0 Å². The highest BCUT2D eigenvalue weighted by Crippen LogP contribution is 2.28. The molecular formula is C12H24N2S. The molecule has 0 bridgehead atoms. The summed E-state index contributed by atoms with van der Waals surface area (Å²) in [5, 5.41) is 4.42. The first-order valence-corrected chi connectivity index (χ1v) is 7.48. The van der Waals surface area contributed by atoms with Gasteiger partial charge in [0.1, 0.15) is 0 Å². The van der Waals surface area contributed by atoms with Crippen molar-refractivity contribution in [3.8, 4) is 0 Å². The topological polar surface area (TPSA) is 15.3 Å². The molecule has 1 N–H and O–H groups in total. The molecule has 2 aliphatic rings. The minimum atomic E-state index is 0.913. The van der Waals surface area contributed by atoms with Gasteiger partial charge in [-0.2, -0.15) is 11.8 Å². The van der Waals surface area contributed by atoms with E-state index in [-0.39, 0.29) is 0 Å². The molecule has 2 atom stereocenters. The summed E-state index contributed by atoms with van der Waals surface area (Å²) >= 11 is 2.19. The van der Waals surface area contributed by atoms with Crippen LogP contribution in [0.2, 0.25) is 0 Å². The molecule has 0 aliphatic carbocycles. The molecule has 2 rings (SSSR count). The minimum absolute atomic E-state index is 0.913. The maximum Gasteiger partial charge on any atom is 0.0175 e. The second kappa shape index (κ2) is 6.12. The quantitative estimate of drug-likeness (QED) is 0.773. The third kappa shape index (κ3) is 3.65. The van der Waals surface area contributed by atoms with Crippen molar-refractivity contribution >= 4 is 11.8 Å². The lowest BCUT2D eigenvalue weighted by atomic mass is 10.1. The highest BCUT2D eigenvalue weighted by atomic mass is 32.2. The van der Waals surface area contributed by atoms with Gasteiger partial charge in [0.2, 0.25) is 0 Å². The summed E-state index contributed by atoms with van der Waals surface area (Å²) in [7, 11) is 0. The van der Waals surface area contributed by atoms with E-state index in [1.54, 1.807) is 0 Å². The number of hydrogen-bond acceptors (Lipinski definition) is 3. The second-order valence-electron chi connectivity index (χ2n) is 4.86. The fourth-order valence-electron chi connectivity index (χ4n) is 2.67. The monoisotopic (exact) mass is 228 g/mol. The molecule has 0 aromatic heterocycles. The average Bonchev–Trinajstić information content (AvgIpc) is 2.87. The first-order chi connectivity index (χ1) is 7.38. The van der Waals surface area contributed by atoms with Gasteiger partial charge in [-0.3, -0.25) is 0 Å². The summed E-state index contributed by atoms with van der Waals surface area (Å²) in [4.78, 5) is 2.69. The molecule has 2 saturated heterocycles. The van der Waals surface area contributed by atoms with E-state index in [9.17, 15) is 0 Å². The summed E-state index contributed by atoms with van der Waals surface area (Å²) in [5.74, 6) is 2.32. The maximum absolute atomic E-state index is 3.47. The van der Waals surface area contributed by atoms with Crippen molar-refractivity contribution in [1.29, 1.82) is 0 Å². The second-order valence-corrected chi connectivity index (χ2v) is 6.27. The van der Waals surface area contributed by atoms with Crippen LogP contribution in [0.4, 0.5) is 0 Å². The predicted octanol–water partition coefficient (Wildman–Crippen LogP) is 1.81. The highest BCUT2D eigenvalue weighted by molar-refractivity contribution is 8.00. The van der Waals surface area contributed by atoms with E-state index < -0.39 is 0 Å². The minimum Gasteiger partial charge on any atom is -0.317 e. The number of likely N-dealkylation sites (tertiary alicyclic amines) is 1. The zero-order valence-corrected chi connectivity index (χ0v) is 10.7. The largest absolute Gasteiger partial charge is 0.317 e. The lowest BCUT2D eigenvalue weighted by Crippen LogP contribution is -2.30. The first kappa shape index (κ1) is 11.7. The van der Waals surface area contributed by atoms with Crippen LogP contribution in [-0.4, -0.2) is 48.6 Å². The van der Waals surface area contributed by atoms with Crippen LogP contribution in [0.25, 0.3) is 0 Å². The Kier molecular flexibility index (Phi) is 4.79. The number of rotatable bonds is 5. The Balaban J connectivity index is 1.63. The van der Waals surface area contributed by atoms with E-state index in [1.165, 1.54) is 51.2 Å². The molecule has 0 aromatic rings. The number of nitrogens with one attached hydrogen (secondary N) is 1. The van der Waals surface area contributed by atoms with E-state index in [4.69, 9.17) is 0 Å². The van der Waals surface area contributed by atoms with E-state index in [0.717, 1.165) is 17.7 Å². The van der Waals surface area contributed by atoms with Gasteiger partial charge in [-0.25, -0.2) is 0 Å². The zero-order valence-electron chi connectivity index (χ0n) is 9.87. The molecule has 88 valence electrons. The molecule has 2 nitrogen and oxygen atoms in total. The molecule has 0 aromatic carbocycles. The molecule has 3 heteroatoms. The third-order valence-corrected chi connectivity index (χ3v) is 4.92. The normalized spacial score (nSPS) is 32.6. The molecule has 0 amide bonds. The molecule has 0 radical (unpaired) electrons. The third-order valence-electron chi connectivity index (χ3n) is 3.54.